The summed E-state index contributed by atoms with van der Waals surface area (Å²) in [7, 11) is 0. The van der Waals surface area contributed by atoms with Crippen molar-refractivity contribution in [1.82, 2.24) is 4.90 Å². The van der Waals surface area contributed by atoms with E-state index in [9.17, 15) is 9.18 Å². The molecule has 1 atom stereocenters. The second-order valence-corrected chi connectivity index (χ2v) is 5.63. The van der Waals surface area contributed by atoms with Gasteiger partial charge in [-0.05, 0) is 37.5 Å². The van der Waals surface area contributed by atoms with Crippen molar-refractivity contribution >= 4 is 17.4 Å². The van der Waals surface area contributed by atoms with Crippen LogP contribution in [0.4, 0.5) is 4.39 Å². The maximum atomic E-state index is 13.1. The molecule has 2 rings (SSSR count). The molecule has 132 valence electrons. The molecular formula is C19H31ClFNO. The molecule has 1 aromatic rings. The normalized spacial score (nSPS) is 16.5. The highest BCUT2D eigenvalue weighted by molar-refractivity contribution is 6.30. The largest absolute Gasteiger partial charge is 0.302 e. The van der Waals surface area contributed by atoms with E-state index in [2.05, 4.69) is 4.90 Å². The zero-order valence-corrected chi connectivity index (χ0v) is 15.9. The Hall–Kier alpha value is -0.930. The van der Waals surface area contributed by atoms with Crippen LogP contribution < -0.4 is 0 Å². The zero-order valence-electron chi connectivity index (χ0n) is 15.1. The van der Waals surface area contributed by atoms with E-state index < -0.39 is 6.17 Å². The number of piperidine rings is 1. The van der Waals surface area contributed by atoms with Crippen molar-refractivity contribution in [2.45, 2.75) is 59.5 Å². The standard InChI is InChI=1S/C15H19ClFNO.2C2H6/c1-11(19)15(12-2-4-13(16)5-3-12)10-18-8-6-14(17)7-9-18;2*1-2/h2-5,14-15H,6-10H2,1H3;2*1-2H3. The molecule has 0 saturated carbocycles. The lowest BCUT2D eigenvalue weighted by atomic mass is 9.94. The minimum atomic E-state index is -0.678. The molecule has 1 aliphatic rings. The van der Waals surface area contributed by atoms with E-state index in [1.165, 1.54) is 0 Å². The molecule has 23 heavy (non-hydrogen) atoms. The number of hydrogen-bond acceptors (Lipinski definition) is 2. The summed E-state index contributed by atoms with van der Waals surface area (Å²) in [6, 6.07) is 7.41. The molecule has 0 bridgehead atoms. The number of likely N-dealkylation sites (tertiary alicyclic amines) is 1. The lowest BCUT2D eigenvalue weighted by Crippen LogP contribution is -2.38. The molecule has 0 radical (unpaired) electrons. The fourth-order valence-corrected chi connectivity index (χ4v) is 2.63. The van der Waals surface area contributed by atoms with Gasteiger partial charge >= 0.3 is 0 Å². The first-order chi connectivity index (χ1) is 11.1. The van der Waals surface area contributed by atoms with E-state index in [1.807, 2.05) is 39.8 Å². The summed E-state index contributed by atoms with van der Waals surface area (Å²) in [6.45, 7) is 11.8. The number of alkyl halides is 1. The first-order valence-corrected chi connectivity index (χ1v) is 9.06. The number of nitrogens with zero attached hydrogens (tertiary/aromatic N) is 1. The topological polar surface area (TPSA) is 20.3 Å². The van der Waals surface area contributed by atoms with Crippen molar-refractivity contribution in [2.24, 2.45) is 0 Å². The average molecular weight is 344 g/mol. The second kappa shape index (κ2) is 12.5. The van der Waals surface area contributed by atoms with Crippen LogP contribution in [0.25, 0.3) is 0 Å². The fourth-order valence-electron chi connectivity index (χ4n) is 2.51. The number of hydrogen-bond donors (Lipinski definition) is 0. The van der Waals surface area contributed by atoms with Crippen LogP contribution >= 0.6 is 11.6 Å². The minimum absolute atomic E-state index is 0.143. The van der Waals surface area contributed by atoms with Gasteiger partial charge in [0.15, 0.2) is 0 Å². The number of rotatable bonds is 4. The van der Waals surface area contributed by atoms with E-state index in [1.54, 1.807) is 19.1 Å². The molecule has 1 unspecified atom stereocenters. The molecule has 1 aromatic carbocycles. The predicted molar refractivity (Wildman–Crippen MR) is 98.1 cm³/mol. The SMILES string of the molecule is CC.CC.CC(=O)C(CN1CCC(F)CC1)c1ccc(Cl)cc1. The molecule has 1 saturated heterocycles. The van der Waals surface area contributed by atoms with E-state index in [0.717, 1.165) is 18.7 Å². The van der Waals surface area contributed by atoms with Crippen LogP contribution in [-0.4, -0.2) is 36.5 Å². The van der Waals surface area contributed by atoms with Gasteiger partial charge < -0.3 is 4.90 Å². The van der Waals surface area contributed by atoms with Gasteiger partial charge in [-0.15, -0.1) is 0 Å². The summed E-state index contributed by atoms with van der Waals surface area (Å²) in [5.74, 6) is -0.00174. The Morgan fingerprint density at radius 3 is 2.09 bits per heavy atom. The van der Waals surface area contributed by atoms with Crippen LogP contribution in [0.3, 0.4) is 0 Å². The maximum absolute atomic E-state index is 13.1. The Balaban J connectivity index is 0.00000112. The Bertz CT molecular complexity index is 428. The lowest BCUT2D eigenvalue weighted by molar-refractivity contribution is -0.118. The number of Topliss-reactive ketones (excluding diaryl/α,β-unsaturated/α-hetero) is 1. The van der Waals surface area contributed by atoms with Crippen molar-refractivity contribution in [2.75, 3.05) is 19.6 Å². The van der Waals surface area contributed by atoms with Crippen LogP contribution in [0.15, 0.2) is 24.3 Å². The molecular weight excluding hydrogens is 313 g/mol. The number of carbonyl (C=O) groups excluding carboxylic acids is 1. The van der Waals surface area contributed by atoms with Gasteiger partial charge in [-0.25, -0.2) is 4.39 Å². The molecule has 2 nitrogen and oxygen atoms in total. The third-order valence-electron chi connectivity index (χ3n) is 3.72. The second-order valence-electron chi connectivity index (χ2n) is 5.19. The summed E-state index contributed by atoms with van der Waals surface area (Å²) in [5, 5.41) is 0.671. The number of carbonyl (C=O) groups is 1. The van der Waals surface area contributed by atoms with E-state index in [-0.39, 0.29) is 11.7 Å². The molecule has 0 amide bonds. The molecule has 0 aliphatic carbocycles. The van der Waals surface area contributed by atoms with E-state index >= 15 is 0 Å². The Labute approximate surface area is 146 Å². The van der Waals surface area contributed by atoms with Gasteiger partial charge in [-0.2, -0.15) is 0 Å². The van der Waals surface area contributed by atoms with Crippen LogP contribution in [0.2, 0.25) is 5.02 Å². The van der Waals surface area contributed by atoms with Gasteiger partial charge in [0.2, 0.25) is 0 Å². The van der Waals surface area contributed by atoms with E-state index in [4.69, 9.17) is 11.6 Å². The van der Waals surface area contributed by atoms with Gasteiger partial charge in [-0.3, -0.25) is 4.79 Å². The van der Waals surface area contributed by atoms with Crippen molar-refractivity contribution in [3.8, 4) is 0 Å². The van der Waals surface area contributed by atoms with Crippen LogP contribution in [0.5, 0.6) is 0 Å². The Kier molecular flexibility index (Phi) is 12.0. The molecule has 0 aromatic heterocycles. The Morgan fingerprint density at radius 2 is 1.65 bits per heavy atom. The molecule has 0 N–H and O–H groups in total. The fraction of sp³-hybridized carbons (Fsp3) is 0.632. The molecule has 0 spiro atoms. The Morgan fingerprint density at radius 1 is 1.17 bits per heavy atom. The molecule has 4 heteroatoms. The number of halogens is 2. The molecule has 1 aliphatic heterocycles. The third kappa shape index (κ3) is 7.94. The van der Waals surface area contributed by atoms with Gasteiger partial charge in [0.05, 0.1) is 5.92 Å². The van der Waals surface area contributed by atoms with Crippen LogP contribution in [0, 0.1) is 0 Å². The molecule has 1 fully saturated rings. The summed E-state index contributed by atoms with van der Waals surface area (Å²) in [5.41, 5.74) is 0.985. The minimum Gasteiger partial charge on any atom is -0.302 e. The molecule has 1 heterocycles. The summed E-state index contributed by atoms with van der Waals surface area (Å²) in [6.07, 6.45) is 0.471. The smallest absolute Gasteiger partial charge is 0.138 e. The highest BCUT2D eigenvalue weighted by Gasteiger charge is 2.24. The van der Waals surface area contributed by atoms with Crippen LogP contribution in [-0.2, 0) is 4.79 Å². The number of ketones is 1. The van der Waals surface area contributed by atoms with Gasteiger partial charge in [0.25, 0.3) is 0 Å². The van der Waals surface area contributed by atoms with Crippen LogP contribution in [0.1, 0.15) is 58.9 Å². The van der Waals surface area contributed by atoms with Gasteiger partial charge in [-0.1, -0.05) is 51.4 Å². The van der Waals surface area contributed by atoms with E-state index in [0.29, 0.717) is 24.4 Å². The van der Waals surface area contributed by atoms with Crippen molar-refractivity contribution in [1.29, 1.82) is 0 Å². The summed E-state index contributed by atoms with van der Waals surface area (Å²) >= 11 is 5.87. The first kappa shape index (κ1) is 22.1. The summed E-state index contributed by atoms with van der Waals surface area (Å²) < 4.78 is 13.1. The van der Waals surface area contributed by atoms with Gasteiger partial charge in [0, 0.05) is 24.7 Å². The number of benzene rings is 1. The highest BCUT2D eigenvalue weighted by Crippen LogP contribution is 2.23. The zero-order chi connectivity index (χ0) is 17.8. The third-order valence-corrected chi connectivity index (χ3v) is 3.97. The first-order valence-electron chi connectivity index (χ1n) is 8.68. The summed E-state index contributed by atoms with van der Waals surface area (Å²) in [4.78, 5) is 14.0. The lowest BCUT2D eigenvalue weighted by Gasteiger charge is -2.31. The van der Waals surface area contributed by atoms with Crippen molar-refractivity contribution in [3.63, 3.8) is 0 Å². The maximum Gasteiger partial charge on any atom is 0.138 e. The quantitative estimate of drug-likeness (QED) is 0.719. The van der Waals surface area contributed by atoms with Gasteiger partial charge in [0.1, 0.15) is 12.0 Å². The van der Waals surface area contributed by atoms with Crippen molar-refractivity contribution < 1.29 is 9.18 Å². The monoisotopic (exact) mass is 343 g/mol. The highest BCUT2D eigenvalue weighted by atomic mass is 35.5. The van der Waals surface area contributed by atoms with Crippen molar-refractivity contribution in [3.05, 3.63) is 34.9 Å². The average Bonchev–Trinajstić information content (AvgIpc) is 2.59. The predicted octanol–water partition coefficient (Wildman–Crippen LogP) is 5.50.